The summed E-state index contributed by atoms with van der Waals surface area (Å²) < 4.78 is 0. The van der Waals surface area contributed by atoms with Crippen molar-refractivity contribution in [2.24, 2.45) is 0 Å². The summed E-state index contributed by atoms with van der Waals surface area (Å²) >= 11 is 0. The number of hydrogen-bond donors (Lipinski definition) is 1. The molecule has 1 unspecified atom stereocenters. The van der Waals surface area contributed by atoms with Crippen LogP contribution in [0.5, 0.6) is 0 Å². The summed E-state index contributed by atoms with van der Waals surface area (Å²) in [6.07, 6.45) is 9.23. The normalized spacial score (nSPS) is 25.3. The monoisotopic (exact) mass is 122 g/mol. The molecular weight excluding hydrogens is 112 g/mol. The standard InChI is InChI=1S/C8H10O/c1-2-3-7-4-5-8(9)6-7/h1,4,8-9H,3,5-6H2. The maximum atomic E-state index is 9.01. The lowest BCUT2D eigenvalue weighted by Gasteiger charge is -1.97. The van der Waals surface area contributed by atoms with E-state index in [2.05, 4.69) is 5.92 Å². The van der Waals surface area contributed by atoms with Crippen LogP contribution in [0, 0.1) is 12.3 Å². The second-order valence-electron chi connectivity index (χ2n) is 2.34. The average molecular weight is 122 g/mol. The van der Waals surface area contributed by atoms with Crippen molar-refractivity contribution >= 4 is 0 Å². The quantitative estimate of drug-likeness (QED) is 0.407. The van der Waals surface area contributed by atoms with Crippen molar-refractivity contribution in [1.82, 2.24) is 0 Å². The molecule has 1 N–H and O–H groups in total. The summed E-state index contributed by atoms with van der Waals surface area (Å²) in [7, 11) is 0. The zero-order chi connectivity index (χ0) is 6.69. The van der Waals surface area contributed by atoms with Crippen LogP contribution in [0.2, 0.25) is 0 Å². The zero-order valence-electron chi connectivity index (χ0n) is 5.30. The Kier molecular flexibility index (Phi) is 1.92. The van der Waals surface area contributed by atoms with Gasteiger partial charge in [0.2, 0.25) is 0 Å². The van der Waals surface area contributed by atoms with E-state index in [1.807, 2.05) is 6.08 Å². The molecule has 1 aliphatic rings. The predicted molar refractivity (Wildman–Crippen MR) is 36.8 cm³/mol. The van der Waals surface area contributed by atoms with Gasteiger partial charge in [-0.15, -0.1) is 12.3 Å². The molecule has 0 aliphatic heterocycles. The molecule has 1 rings (SSSR count). The molecule has 0 aromatic carbocycles. The van der Waals surface area contributed by atoms with Gasteiger partial charge in [-0.05, 0) is 12.8 Å². The third-order valence-electron chi connectivity index (χ3n) is 1.51. The molecule has 0 spiro atoms. The van der Waals surface area contributed by atoms with E-state index in [9.17, 15) is 0 Å². The van der Waals surface area contributed by atoms with Crippen LogP contribution in [-0.4, -0.2) is 11.2 Å². The SMILES string of the molecule is C#CCC1=CCC(O)C1. The highest BCUT2D eigenvalue weighted by Gasteiger charge is 2.11. The van der Waals surface area contributed by atoms with E-state index in [0.29, 0.717) is 6.42 Å². The van der Waals surface area contributed by atoms with Crippen molar-refractivity contribution in [3.05, 3.63) is 11.6 Å². The molecule has 0 radical (unpaired) electrons. The molecule has 9 heavy (non-hydrogen) atoms. The van der Waals surface area contributed by atoms with E-state index >= 15 is 0 Å². The summed E-state index contributed by atoms with van der Waals surface area (Å²) in [6, 6.07) is 0. The lowest BCUT2D eigenvalue weighted by molar-refractivity contribution is 0.187. The van der Waals surface area contributed by atoms with Crippen LogP contribution in [0.3, 0.4) is 0 Å². The molecule has 1 nitrogen and oxygen atoms in total. The predicted octanol–water partition coefficient (Wildman–Crippen LogP) is 1.09. The Morgan fingerprint density at radius 2 is 2.67 bits per heavy atom. The molecule has 0 aromatic rings. The molecule has 0 bridgehead atoms. The van der Waals surface area contributed by atoms with Crippen molar-refractivity contribution < 1.29 is 5.11 Å². The minimum atomic E-state index is -0.159. The number of hydrogen-bond acceptors (Lipinski definition) is 1. The first-order chi connectivity index (χ1) is 4.33. The van der Waals surface area contributed by atoms with Crippen LogP contribution < -0.4 is 0 Å². The Bertz CT molecular complexity index is 162. The Hall–Kier alpha value is -0.740. The smallest absolute Gasteiger partial charge is 0.0612 e. The Balaban J connectivity index is 2.38. The van der Waals surface area contributed by atoms with Crippen molar-refractivity contribution in [1.29, 1.82) is 0 Å². The third-order valence-corrected chi connectivity index (χ3v) is 1.51. The lowest BCUT2D eigenvalue weighted by Crippen LogP contribution is -1.98. The molecule has 1 heteroatoms. The van der Waals surface area contributed by atoms with Gasteiger partial charge in [0.1, 0.15) is 0 Å². The van der Waals surface area contributed by atoms with Gasteiger partial charge < -0.3 is 5.11 Å². The molecule has 0 aromatic heterocycles. The van der Waals surface area contributed by atoms with E-state index < -0.39 is 0 Å². The van der Waals surface area contributed by atoms with Gasteiger partial charge in [0.15, 0.2) is 0 Å². The highest BCUT2D eigenvalue weighted by atomic mass is 16.3. The maximum Gasteiger partial charge on any atom is 0.0612 e. The Morgan fingerprint density at radius 3 is 3.11 bits per heavy atom. The first-order valence-electron chi connectivity index (χ1n) is 3.12. The minimum Gasteiger partial charge on any atom is -0.392 e. The summed E-state index contributed by atoms with van der Waals surface area (Å²) in [5.74, 6) is 2.55. The van der Waals surface area contributed by atoms with Gasteiger partial charge in [0.05, 0.1) is 6.10 Å². The first-order valence-corrected chi connectivity index (χ1v) is 3.12. The molecule has 0 saturated carbocycles. The molecule has 0 heterocycles. The van der Waals surface area contributed by atoms with Gasteiger partial charge in [-0.1, -0.05) is 11.6 Å². The third kappa shape index (κ3) is 1.58. The van der Waals surface area contributed by atoms with E-state index in [-0.39, 0.29) is 6.10 Å². The second kappa shape index (κ2) is 2.70. The largest absolute Gasteiger partial charge is 0.392 e. The Labute approximate surface area is 55.4 Å². The highest BCUT2D eigenvalue weighted by Crippen LogP contribution is 2.20. The van der Waals surface area contributed by atoms with Gasteiger partial charge in [0.25, 0.3) is 0 Å². The minimum absolute atomic E-state index is 0.159. The topological polar surface area (TPSA) is 20.2 Å². The highest BCUT2D eigenvalue weighted by molar-refractivity contribution is 5.16. The summed E-state index contributed by atoms with van der Waals surface area (Å²) in [5.41, 5.74) is 1.21. The van der Waals surface area contributed by atoms with Crippen LogP contribution in [0.15, 0.2) is 11.6 Å². The van der Waals surface area contributed by atoms with Gasteiger partial charge in [-0.25, -0.2) is 0 Å². The van der Waals surface area contributed by atoms with Gasteiger partial charge in [-0.3, -0.25) is 0 Å². The molecule has 0 fully saturated rings. The Morgan fingerprint density at radius 1 is 1.89 bits per heavy atom. The fourth-order valence-corrected chi connectivity index (χ4v) is 1.05. The number of aliphatic hydroxyl groups excluding tert-OH is 1. The van der Waals surface area contributed by atoms with Crippen LogP contribution in [-0.2, 0) is 0 Å². The second-order valence-corrected chi connectivity index (χ2v) is 2.34. The van der Waals surface area contributed by atoms with Gasteiger partial charge >= 0.3 is 0 Å². The van der Waals surface area contributed by atoms with E-state index in [4.69, 9.17) is 11.5 Å². The summed E-state index contributed by atoms with van der Waals surface area (Å²) in [6.45, 7) is 0. The maximum absolute atomic E-state index is 9.01. The molecule has 1 atom stereocenters. The van der Waals surface area contributed by atoms with E-state index in [1.54, 1.807) is 0 Å². The van der Waals surface area contributed by atoms with Crippen molar-refractivity contribution in [2.75, 3.05) is 0 Å². The van der Waals surface area contributed by atoms with Crippen LogP contribution in [0.4, 0.5) is 0 Å². The van der Waals surface area contributed by atoms with Crippen LogP contribution >= 0.6 is 0 Å². The summed E-state index contributed by atoms with van der Waals surface area (Å²) in [5, 5.41) is 9.01. The molecule has 1 aliphatic carbocycles. The van der Waals surface area contributed by atoms with Crippen molar-refractivity contribution in [2.45, 2.75) is 25.4 Å². The fraction of sp³-hybridized carbons (Fsp3) is 0.500. The van der Waals surface area contributed by atoms with Crippen molar-refractivity contribution in [3.8, 4) is 12.3 Å². The van der Waals surface area contributed by atoms with Gasteiger partial charge in [-0.2, -0.15) is 0 Å². The fourth-order valence-electron chi connectivity index (χ4n) is 1.05. The van der Waals surface area contributed by atoms with Gasteiger partial charge in [0, 0.05) is 6.42 Å². The van der Waals surface area contributed by atoms with E-state index in [0.717, 1.165) is 12.8 Å². The average Bonchev–Trinajstić information content (AvgIpc) is 2.17. The van der Waals surface area contributed by atoms with E-state index in [1.165, 1.54) is 5.57 Å². The number of terminal acetylenes is 1. The van der Waals surface area contributed by atoms with Crippen LogP contribution in [0.25, 0.3) is 0 Å². The molecule has 0 saturated heterocycles. The lowest BCUT2D eigenvalue weighted by atomic mass is 10.2. The molecular formula is C8H10O. The van der Waals surface area contributed by atoms with Crippen LogP contribution in [0.1, 0.15) is 19.3 Å². The first kappa shape index (κ1) is 6.38. The number of rotatable bonds is 1. The van der Waals surface area contributed by atoms with Crippen molar-refractivity contribution in [3.63, 3.8) is 0 Å². The zero-order valence-corrected chi connectivity index (χ0v) is 5.30. The molecule has 0 amide bonds. The summed E-state index contributed by atoms with van der Waals surface area (Å²) in [4.78, 5) is 0. The molecule has 48 valence electrons. The number of aliphatic hydroxyl groups is 1.